The second-order valence-electron chi connectivity index (χ2n) is 10.2. The van der Waals surface area contributed by atoms with Gasteiger partial charge >= 0.3 is 0 Å². The Morgan fingerprint density at radius 2 is 0.865 bits per heavy atom. The van der Waals surface area contributed by atoms with Gasteiger partial charge in [-0.3, -0.25) is 0 Å². The third-order valence-corrected chi connectivity index (χ3v) is 8.01. The lowest BCUT2D eigenvalue weighted by Crippen LogP contribution is -1.95. The predicted molar refractivity (Wildman–Crippen MR) is 161 cm³/mol. The molecule has 37 heavy (non-hydrogen) atoms. The molecule has 0 heterocycles. The lowest BCUT2D eigenvalue weighted by Gasteiger charge is -2.23. The first-order chi connectivity index (χ1) is 18.3. The Morgan fingerprint density at radius 1 is 0.351 bits per heavy atom. The van der Waals surface area contributed by atoms with Gasteiger partial charge in [-0.1, -0.05) is 133 Å². The summed E-state index contributed by atoms with van der Waals surface area (Å²) in [6.07, 6.45) is 0. The molecule has 0 radical (unpaired) electrons. The molecule has 0 aliphatic rings. The minimum atomic E-state index is 1.26. The molecular weight excluding hydrogens is 444 g/mol. The summed E-state index contributed by atoms with van der Waals surface area (Å²) in [5, 5.41) is 13.3. The second-order valence-corrected chi connectivity index (χ2v) is 10.2. The molecule has 8 aromatic rings. The average molecular weight is 469 g/mol. The highest BCUT2D eigenvalue weighted by Gasteiger charge is 2.22. The maximum Gasteiger partial charge on any atom is -0.000741 e. The van der Waals surface area contributed by atoms with Crippen molar-refractivity contribution in [1.29, 1.82) is 0 Å². The number of rotatable bonds is 2. The zero-order valence-electron chi connectivity index (χ0n) is 20.6. The molecule has 0 fully saturated rings. The first kappa shape index (κ1) is 20.5. The third kappa shape index (κ3) is 2.84. The molecule has 0 atom stereocenters. The van der Waals surface area contributed by atoms with Crippen molar-refractivity contribution in [3.8, 4) is 22.3 Å². The number of aryl methyl sites for hydroxylation is 1. The van der Waals surface area contributed by atoms with E-state index in [1.807, 2.05) is 0 Å². The van der Waals surface area contributed by atoms with Crippen molar-refractivity contribution in [2.24, 2.45) is 0 Å². The van der Waals surface area contributed by atoms with Gasteiger partial charge in [0.05, 0.1) is 0 Å². The summed E-state index contributed by atoms with van der Waals surface area (Å²) in [6.45, 7) is 2.20. The van der Waals surface area contributed by atoms with Crippen LogP contribution in [0.3, 0.4) is 0 Å². The molecule has 0 amide bonds. The van der Waals surface area contributed by atoms with Crippen molar-refractivity contribution in [1.82, 2.24) is 0 Å². The van der Waals surface area contributed by atoms with Crippen LogP contribution in [0.2, 0.25) is 0 Å². The summed E-state index contributed by atoms with van der Waals surface area (Å²) < 4.78 is 0. The van der Waals surface area contributed by atoms with Crippen molar-refractivity contribution in [2.45, 2.75) is 6.92 Å². The molecule has 0 saturated heterocycles. The Balaban J connectivity index is 1.80. The van der Waals surface area contributed by atoms with E-state index in [1.165, 1.54) is 81.7 Å². The zero-order valence-corrected chi connectivity index (χ0v) is 20.6. The predicted octanol–water partition coefficient (Wildman–Crippen LogP) is 10.5. The Kier molecular flexibility index (Phi) is 4.24. The Hall–Kier alpha value is -4.68. The van der Waals surface area contributed by atoms with E-state index in [2.05, 4.69) is 134 Å². The lowest BCUT2D eigenvalue weighted by atomic mass is 9.80. The van der Waals surface area contributed by atoms with Gasteiger partial charge in [0.15, 0.2) is 0 Å². The topological polar surface area (TPSA) is 0 Å². The molecule has 0 heteroatoms. The molecule has 172 valence electrons. The van der Waals surface area contributed by atoms with E-state index in [9.17, 15) is 0 Å². The third-order valence-electron chi connectivity index (χ3n) is 8.01. The highest BCUT2D eigenvalue weighted by molar-refractivity contribution is 6.40. The molecular formula is C37H24. The molecule has 0 saturated carbocycles. The molecule has 0 aliphatic heterocycles. The van der Waals surface area contributed by atoms with Gasteiger partial charge in [-0.25, -0.2) is 0 Å². The highest BCUT2D eigenvalue weighted by atomic mass is 14.2. The number of hydrogen-bond acceptors (Lipinski definition) is 0. The van der Waals surface area contributed by atoms with E-state index in [0.717, 1.165) is 0 Å². The van der Waals surface area contributed by atoms with Crippen LogP contribution in [-0.4, -0.2) is 0 Å². The Morgan fingerprint density at radius 3 is 1.41 bits per heavy atom. The first-order valence-electron chi connectivity index (χ1n) is 13.0. The number of fused-ring (bicyclic) bond motifs is 4. The summed E-state index contributed by atoms with van der Waals surface area (Å²) >= 11 is 0. The molecule has 0 aliphatic carbocycles. The maximum absolute atomic E-state index is 2.38. The van der Waals surface area contributed by atoms with Gasteiger partial charge in [-0.2, -0.15) is 0 Å². The van der Waals surface area contributed by atoms with Crippen LogP contribution < -0.4 is 0 Å². The first-order valence-corrected chi connectivity index (χ1v) is 13.0. The Bertz CT molecular complexity index is 2120. The molecule has 0 N–H and O–H groups in total. The lowest BCUT2D eigenvalue weighted by molar-refractivity contribution is 1.51. The van der Waals surface area contributed by atoms with E-state index in [4.69, 9.17) is 0 Å². The minimum absolute atomic E-state index is 1.26. The van der Waals surface area contributed by atoms with Gasteiger partial charge in [0.25, 0.3) is 0 Å². The summed E-state index contributed by atoms with van der Waals surface area (Å²) in [5.74, 6) is 0. The molecule has 0 nitrogen and oxygen atoms in total. The molecule has 0 spiro atoms. The van der Waals surface area contributed by atoms with E-state index >= 15 is 0 Å². The molecule has 8 aromatic carbocycles. The van der Waals surface area contributed by atoms with Crippen LogP contribution in [-0.2, 0) is 0 Å². The van der Waals surface area contributed by atoms with Gasteiger partial charge in [-0.05, 0) is 83.0 Å². The van der Waals surface area contributed by atoms with Gasteiger partial charge in [0, 0.05) is 0 Å². The van der Waals surface area contributed by atoms with Crippen molar-refractivity contribution < 1.29 is 0 Å². The van der Waals surface area contributed by atoms with Crippen molar-refractivity contribution in [2.75, 3.05) is 0 Å². The normalized spacial score (nSPS) is 11.9. The summed E-state index contributed by atoms with van der Waals surface area (Å²) in [5.41, 5.74) is 6.45. The van der Waals surface area contributed by atoms with Gasteiger partial charge in [-0.15, -0.1) is 0 Å². The van der Waals surface area contributed by atoms with E-state index in [1.54, 1.807) is 0 Å². The highest BCUT2D eigenvalue weighted by Crippen LogP contribution is 2.51. The number of hydrogen-bond donors (Lipinski definition) is 0. The quantitative estimate of drug-likeness (QED) is 0.175. The van der Waals surface area contributed by atoms with Crippen LogP contribution >= 0.6 is 0 Å². The van der Waals surface area contributed by atoms with E-state index in [-0.39, 0.29) is 0 Å². The number of benzene rings is 8. The van der Waals surface area contributed by atoms with E-state index < -0.39 is 0 Å². The largest absolute Gasteiger partial charge is 0.0622 e. The van der Waals surface area contributed by atoms with Gasteiger partial charge < -0.3 is 0 Å². The van der Waals surface area contributed by atoms with Crippen LogP contribution in [0, 0.1) is 6.92 Å². The van der Waals surface area contributed by atoms with Gasteiger partial charge in [0.1, 0.15) is 0 Å². The molecule has 0 bridgehead atoms. The zero-order chi connectivity index (χ0) is 24.5. The maximum atomic E-state index is 2.38. The smallest absolute Gasteiger partial charge is 0.000741 e. The molecule has 0 aromatic heterocycles. The monoisotopic (exact) mass is 468 g/mol. The standard InChI is InChI=1S/C37H24/c1-23-18-21-28-31(22-23)35(25-12-6-3-7-13-25)37-30-17-9-15-27-20-19-26-14-8-16-29(33(26)34(27)30)36(37)32(28)24-10-4-2-5-11-24/h2-22H,1H3. The van der Waals surface area contributed by atoms with E-state index in [0.29, 0.717) is 0 Å². The summed E-state index contributed by atoms with van der Waals surface area (Å²) in [6, 6.07) is 47.1. The van der Waals surface area contributed by atoms with Crippen molar-refractivity contribution in [3.05, 3.63) is 133 Å². The van der Waals surface area contributed by atoms with Crippen LogP contribution in [0.25, 0.3) is 76.1 Å². The Labute approximate surface area is 215 Å². The SMILES string of the molecule is Cc1ccc2c(-c3ccccc3)c3c4cccc5ccc6cccc(c3c(-c3ccccc3)c2c1)c6c54. The van der Waals surface area contributed by atoms with Crippen LogP contribution in [0.4, 0.5) is 0 Å². The molecule has 0 unspecified atom stereocenters. The van der Waals surface area contributed by atoms with Crippen LogP contribution in [0.5, 0.6) is 0 Å². The summed E-state index contributed by atoms with van der Waals surface area (Å²) in [4.78, 5) is 0. The molecule has 8 rings (SSSR count). The summed E-state index contributed by atoms with van der Waals surface area (Å²) in [7, 11) is 0. The minimum Gasteiger partial charge on any atom is -0.0622 e. The van der Waals surface area contributed by atoms with Crippen LogP contribution in [0.15, 0.2) is 127 Å². The second kappa shape index (κ2) is 7.66. The fraction of sp³-hybridized carbons (Fsp3) is 0.0270. The van der Waals surface area contributed by atoms with Crippen molar-refractivity contribution >= 4 is 53.9 Å². The average Bonchev–Trinajstić information content (AvgIpc) is 2.96. The van der Waals surface area contributed by atoms with Crippen molar-refractivity contribution in [3.63, 3.8) is 0 Å². The fourth-order valence-corrected chi connectivity index (χ4v) is 6.52. The fourth-order valence-electron chi connectivity index (χ4n) is 6.52. The van der Waals surface area contributed by atoms with Crippen LogP contribution in [0.1, 0.15) is 5.56 Å². The van der Waals surface area contributed by atoms with Gasteiger partial charge in [0.2, 0.25) is 0 Å².